The molecule has 0 amide bonds. The maximum atomic E-state index is 12.3. The molecule has 0 fully saturated rings. The summed E-state index contributed by atoms with van der Waals surface area (Å²) in [5, 5.41) is 4.10. The van der Waals surface area contributed by atoms with Crippen molar-refractivity contribution in [1.29, 1.82) is 0 Å². The monoisotopic (exact) mass is 458 g/mol. The van der Waals surface area contributed by atoms with E-state index in [0.717, 1.165) is 20.1 Å². The van der Waals surface area contributed by atoms with Crippen LogP contribution in [0.25, 0.3) is 0 Å². The molecule has 122 valence electrons. The van der Waals surface area contributed by atoms with Gasteiger partial charge in [0.1, 0.15) is 0 Å². The summed E-state index contributed by atoms with van der Waals surface area (Å²) in [7, 11) is -3.67. The summed E-state index contributed by atoms with van der Waals surface area (Å²) in [5.74, 6) is 0. The minimum absolute atomic E-state index is 0.194. The van der Waals surface area contributed by atoms with Gasteiger partial charge in [-0.15, -0.1) is 0 Å². The van der Waals surface area contributed by atoms with Gasteiger partial charge < -0.3 is 0 Å². The standard InChI is InChI=1S/C16H16Br2N2O2S/c1-3-16(12-6-9-14(17)15(18)10-12)19-20-23(21,22)13-7-4-11(2)5-8-13/h4-10,20H,3H2,1-2H3/b19-16+. The molecule has 0 saturated heterocycles. The minimum atomic E-state index is -3.67. The molecule has 0 radical (unpaired) electrons. The van der Waals surface area contributed by atoms with Gasteiger partial charge in [-0.2, -0.15) is 18.4 Å². The maximum absolute atomic E-state index is 12.3. The number of aryl methyl sites for hydroxylation is 1. The molecule has 0 aliphatic heterocycles. The third kappa shape index (κ3) is 4.65. The van der Waals surface area contributed by atoms with E-state index in [2.05, 4.69) is 41.8 Å². The van der Waals surface area contributed by atoms with Crippen molar-refractivity contribution >= 4 is 47.6 Å². The highest BCUT2D eigenvalue weighted by Gasteiger charge is 2.13. The first kappa shape index (κ1) is 18.2. The van der Waals surface area contributed by atoms with Crippen LogP contribution < -0.4 is 4.83 Å². The molecular weight excluding hydrogens is 444 g/mol. The number of halogens is 2. The Morgan fingerprint density at radius 1 is 1.09 bits per heavy atom. The molecule has 7 heteroatoms. The predicted molar refractivity (Wildman–Crippen MR) is 100 cm³/mol. The number of rotatable bonds is 5. The molecular formula is C16H16Br2N2O2S. The number of hydrogen-bond acceptors (Lipinski definition) is 3. The van der Waals surface area contributed by atoms with Crippen LogP contribution in [-0.4, -0.2) is 14.1 Å². The minimum Gasteiger partial charge on any atom is -0.200 e. The topological polar surface area (TPSA) is 58.5 Å². The Kier molecular flexibility index (Phi) is 6.00. The van der Waals surface area contributed by atoms with Crippen molar-refractivity contribution in [3.8, 4) is 0 Å². The van der Waals surface area contributed by atoms with Gasteiger partial charge in [0.05, 0.1) is 10.6 Å². The third-order valence-electron chi connectivity index (χ3n) is 3.22. The highest BCUT2D eigenvalue weighted by Crippen LogP contribution is 2.24. The SMILES string of the molecule is CC/C(=N\NS(=O)(=O)c1ccc(C)cc1)c1ccc(Br)c(Br)c1. The Morgan fingerprint density at radius 3 is 2.30 bits per heavy atom. The molecule has 0 aliphatic rings. The number of hydrazone groups is 1. The Bertz CT molecular complexity index is 832. The molecule has 4 nitrogen and oxygen atoms in total. The molecule has 0 aliphatic carbocycles. The van der Waals surface area contributed by atoms with Crippen LogP contribution in [0.3, 0.4) is 0 Å². The largest absolute Gasteiger partial charge is 0.276 e. The van der Waals surface area contributed by atoms with Crippen molar-refractivity contribution in [2.24, 2.45) is 5.10 Å². The Labute approximate surface area is 153 Å². The van der Waals surface area contributed by atoms with Crippen molar-refractivity contribution in [1.82, 2.24) is 4.83 Å². The Hall–Kier alpha value is -1.18. The number of nitrogens with one attached hydrogen (secondary N) is 1. The van der Waals surface area contributed by atoms with E-state index in [1.165, 1.54) is 0 Å². The molecule has 0 unspecified atom stereocenters. The van der Waals surface area contributed by atoms with E-state index >= 15 is 0 Å². The Balaban J connectivity index is 2.28. The molecule has 2 aromatic carbocycles. The van der Waals surface area contributed by atoms with E-state index in [4.69, 9.17) is 0 Å². The van der Waals surface area contributed by atoms with Crippen molar-refractivity contribution in [3.63, 3.8) is 0 Å². The van der Waals surface area contributed by atoms with Gasteiger partial charge in [-0.3, -0.25) is 0 Å². The van der Waals surface area contributed by atoms with E-state index in [1.807, 2.05) is 32.0 Å². The zero-order valence-electron chi connectivity index (χ0n) is 12.7. The molecule has 0 spiro atoms. The van der Waals surface area contributed by atoms with Gasteiger partial charge in [0.25, 0.3) is 10.0 Å². The highest BCUT2D eigenvalue weighted by molar-refractivity contribution is 9.13. The van der Waals surface area contributed by atoms with Crippen LogP contribution in [0, 0.1) is 6.92 Å². The predicted octanol–water partition coefficient (Wildman–Crippen LogP) is 4.61. The quantitative estimate of drug-likeness (QED) is 0.524. The van der Waals surface area contributed by atoms with Crippen molar-refractivity contribution in [3.05, 3.63) is 62.5 Å². The molecule has 2 aromatic rings. The number of benzene rings is 2. The van der Waals surface area contributed by atoms with Crippen LogP contribution in [0.4, 0.5) is 0 Å². The Morgan fingerprint density at radius 2 is 1.74 bits per heavy atom. The second kappa shape index (κ2) is 7.59. The lowest BCUT2D eigenvalue weighted by Crippen LogP contribution is -2.20. The first-order valence-corrected chi connectivity index (χ1v) is 10.0. The molecule has 0 saturated carbocycles. The van der Waals surface area contributed by atoms with Crippen LogP contribution in [-0.2, 0) is 10.0 Å². The van der Waals surface area contributed by atoms with Crippen molar-refractivity contribution in [2.45, 2.75) is 25.2 Å². The summed E-state index contributed by atoms with van der Waals surface area (Å²) in [6.07, 6.45) is 0.602. The smallest absolute Gasteiger partial charge is 0.200 e. The average Bonchev–Trinajstić information content (AvgIpc) is 2.51. The van der Waals surface area contributed by atoms with Crippen LogP contribution >= 0.6 is 31.9 Å². The second-order valence-electron chi connectivity index (χ2n) is 4.95. The lowest BCUT2D eigenvalue weighted by Gasteiger charge is -2.08. The first-order chi connectivity index (χ1) is 10.8. The fourth-order valence-corrected chi connectivity index (χ4v) is 3.36. The normalized spacial score (nSPS) is 12.3. The third-order valence-corrected chi connectivity index (χ3v) is 6.32. The second-order valence-corrected chi connectivity index (χ2v) is 8.32. The molecule has 0 aromatic heterocycles. The van der Waals surface area contributed by atoms with Gasteiger partial charge >= 0.3 is 0 Å². The fraction of sp³-hybridized carbons (Fsp3) is 0.188. The van der Waals surface area contributed by atoms with Crippen LogP contribution in [0.5, 0.6) is 0 Å². The molecule has 2 rings (SSSR count). The molecule has 1 N–H and O–H groups in total. The molecule has 0 atom stereocenters. The highest BCUT2D eigenvalue weighted by atomic mass is 79.9. The van der Waals surface area contributed by atoms with E-state index in [0.29, 0.717) is 12.1 Å². The molecule has 23 heavy (non-hydrogen) atoms. The lowest BCUT2D eigenvalue weighted by atomic mass is 10.1. The van der Waals surface area contributed by atoms with E-state index < -0.39 is 10.0 Å². The van der Waals surface area contributed by atoms with E-state index in [9.17, 15) is 8.42 Å². The van der Waals surface area contributed by atoms with E-state index in [1.54, 1.807) is 24.3 Å². The molecule has 0 bridgehead atoms. The van der Waals surface area contributed by atoms with Gasteiger partial charge in [-0.05, 0) is 75.0 Å². The summed E-state index contributed by atoms with van der Waals surface area (Å²) < 4.78 is 26.4. The number of sulfonamides is 1. The number of hydrogen-bond donors (Lipinski definition) is 1. The van der Waals surface area contributed by atoms with Gasteiger partial charge in [-0.1, -0.05) is 30.7 Å². The van der Waals surface area contributed by atoms with Crippen LogP contribution in [0.2, 0.25) is 0 Å². The van der Waals surface area contributed by atoms with Gasteiger partial charge in [-0.25, -0.2) is 0 Å². The van der Waals surface area contributed by atoms with Crippen molar-refractivity contribution < 1.29 is 8.42 Å². The average molecular weight is 460 g/mol. The lowest BCUT2D eigenvalue weighted by molar-refractivity contribution is 0.584. The van der Waals surface area contributed by atoms with E-state index in [-0.39, 0.29) is 4.90 Å². The first-order valence-electron chi connectivity index (χ1n) is 6.94. The van der Waals surface area contributed by atoms with Crippen molar-refractivity contribution in [2.75, 3.05) is 0 Å². The zero-order chi connectivity index (χ0) is 17.0. The fourth-order valence-electron chi connectivity index (χ4n) is 1.91. The van der Waals surface area contributed by atoms with Gasteiger partial charge in [0.15, 0.2) is 0 Å². The summed E-state index contributed by atoms with van der Waals surface area (Å²) in [4.78, 5) is 2.51. The molecule has 0 heterocycles. The zero-order valence-corrected chi connectivity index (χ0v) is 16.7. The summed E-state index contributed by atoms with van der Waals surface area (Å²) in [6.45, 7) is 3.83. The summed E-state index contributed by atoms with van der Waals surface area (Å²) >= 11 is 6.85. The number of nitrogens with zero attached hydrogens (tertiary/aromatic N) is 1. The van der Waals surface area contributed by atoms with Crippen LogP contribution in [0.15, 0.2) is 61.4 Å². The van der Waals surface area contributed by atoms with Gasteiger partial charge in [0, 0.05) is 8.95 Å². The summed E-state index contributed by atoms with van der Waals surface area (Å²) in [5.41, 5.74) is 2.52. The van der Waals surface area contributed by atoms with Crippen LogP contribution in [0.1, 0.15) is 24.5 Å². The summed E-state index contributed by atoms with van der Waals surface area (Å²) in [6, 6.07) is 12.3. The van der Waals surface area contributed by atoms with Gasteiger partial charge in [0.2, 0.25) is 0 Å². The maximum Gasteiger partial charge on any atom is 0.276 e.